The molecule has 1 unspecified atom stereocenters. The molecular formula is C12H15F5N2. The van der Waals surface area contributed by atoms with Gasteiger partial charge in [0.2, 0.25) is 0 Å². The fraction of sp³-hybridized carbons (Fsp3) is 0.500. The van der Waals surface area contributed by atoms with Crippen LogP contribution < -0.4 is 11.3 Å². The van der Waals surface area contributed by atoms with Gasteiger partial charge in [0.25, 0.3) is 0 Å². The summed E-state index contributed by atoms with van der Waals surface area (Å²) in [6.45, 7) is 0. The largest absolute Gasteiger partial charge is 0.389 e. The van der Waals surface area contributed by atoms with Crippen molar-refractivity contribution in [2.75, 3.05) is 0 Å². The number of alkyl halides is 3. The lowest BCUT2D eigenvalue weighted by molar-refractivity contribution is -0.135. The van der Waals surface area contributed by atoms with Gasteiger partial charge in [-0.25, -0.2) is 8.78 Å². The first-order valence-electron chi connectivity index (χ1n) is 5.78. The third-order valence-electron chi connectivity index (χ3n) is 2.73. The van der Waals surface area contributed by atoms with Crippen molar-refractivity contribution in [2.24, 2.45) is 5.84 Å². The van der Waals surface area contributed by atoms with Crippen LogP contribution in [-0.2, 0) is 6.42 Å². The Balaban J connectivity index is 2.52. The van der Waals surface area contributed by atoms with Gasteiger partial charge in [-0.3, -0.25) is 11.3 Å². The zero-order valence-corrected chi connectivity index (χ0v) is 10.1. The molecule has 108 valence electrons. The van der Waals surface area contributed by atoms with Gasteiger partial charge in [0.05, 0.1) is 0 Å². The van der Waals surface area contributed by atoms with Crippen LogP contribution in [0.1, 0.15) is 24.8 Å². The normalized spacial score (nSPS) is 13.6. The van der Waals surface area contributed by atoms with Gasteiger partial charge in [-0.15, -0.1) is 0 Å². The summed E-state index contributed by atoms with van der Waals surface area (Å²) in [5, 5.41) is 0. The summed E-state index contributed by atoms with van der Waals surface area (Å²) in [5.74, 6) is 3.80. The third kappa shape index (κ3) is 5.98. The van der Waals surface area contributed by atoms with E-state index in [1.54, 1.807) is 0 Å². The first-order valence-corrected chi connectivity index (χ1v) is 5.78. The van der Waals surface area contributed by atoms with Gasteiger partial charge in [0.15, 0.2) is 0 Å². The number of nitrogens with one attached hydrogen (secondary N) is 1. The molecule has 0 aliphatic heterocycles. The second-order valence-electron chi connectivity index (χ2n) is 4.31. The Morgan fingerprint density at radius 2 is 1.89 bits per heavy atom. The van der Waals surface area contributed by atoms with E-state index in [1.807, 2.05) is 0 Å². The lowest BCUT2D eigenvalue weighted by Crippen LogP contribution is -2.37. The Kier molecular flexibility index (Phi) is 5.68. The van der Waals surface area contributed by atoms with Crippen LogP contribution in [0.5, 0.6) is 0 Å². The number of hydrogen-bond acceptors (Lipinski definition) is 2. The SMILES string of the molecule is NNC(CCCC(F)(F)F)Cc1ccc(F)cc1F. The predicted molar refractivity (Wildman–Crippen MR) is 61.1 cm³/mol. The van der Waals surface area contributed by atoms with Crippen LogP contribution in [0.3, 0.4) is 0 Å². The van der Waals surface area contributed by atoms with Crippen molar-refractivity contribution in [1.82, 2.24) is 5.43 Å². The first kappa shape index (κ1) is 15.8. The molecule has 2 nitrogen and oxygen atoms in total. The summed E-state index contributed by atoms with van der Waals surface area (Å²) < 4.78 is 62.0. The molecule has 3 N–H and O–H groups in total. The molecule has 1 rings (SSSR count). The third-order valence-corrected chi connectivity index (χ3v) is 2.73. The fourth-order valence-electron chi connectivity index (χ4n) is 1.75. The first-order chi connectivity index (χ1) is 8.81. The second kappa shape index (κ2) is 6.81. The van der Waals surface area contributed by atoms with E-state index in [-0.39, 0.29) is 24.8 Å². The summed E-state index contributed by atoms with van der Waals surface area (Å²) in [7, 11) is 0. The molecule has 0 radical (unpaired) electrons. The molecule has 0 bridgehead atoms. The van der Waals surface area contributed by atoms with Crippen LogP contribution in [0.15, 0.2) is 18.2 Å². The van der Waals surface area contributed by atoms with E-state index in [9.17, 15) is 22.0 Å². The number of halogens is 5. The van der Waals surface area contributed by atoms with Crippen LogP contribution in [0.2, 0.25) is 0 Å². The van der Waals surface area contributed by atoms with Crippen LogP contribution in [0.25, 0.3) is 0 Å². The Morgan fingerprint density at radius 3 is 2.42 bits per heavy atom. The lowest BCUT2D eigenvalue weighted by atomic mass is 10.0. The van der Waals surface area contributed by atoms with Crippen LogP contribution in [-0.4, -0.2) is 12.2 Å². The van der Waals surface area contributed by atoms with Crippen molar-refractivity contribution < 1.29 is 22.0 Å². The molecule has 0 saturated carbocycles. The molecule has 0 spiro atoms. The van der Waals surface area contributed by atoms with Gasteiger partial charge in [-0.1, -0.05) is 6.07 Å². The van der Waals surface area contributed by atoms with E-state index >= 15 is 0 Å². The molecule has 0 amide bonds. The minimum Gasteiger partial charge on any atom is -0.271 e. The summed E-state index contributed by atoms with van der Waals surface area (Å²) in [6, 6.07) is 2.61. The molecule has 1 atom stereocenters. The Morgan fingerprint density at radius 1 is 1.21 bits per heavy atom. The Labute approximate surface area is 107 Å². The molecule has 0 saturated heterocycles. The van der Waals surface area contributed by atoms with Crippen molar-refractivity contribution in [3.8, 4) is 0 Å². The maximum Gasteiger partial charge on any atom is 0.389 e. The van der Waals surface area contributed by atoms with Gasteiger partial charge in [-0.2, -0.15) is 13.2 Å². The van der Waals surface area contributed by atoms with Crippen LogP contribution >= 0.6 is 0 Å². The monoisotopic (exact) mass is 282 g/mol. The van der Waals surface area contributed by atoms with Crippen molar-refractivity contribution >= 4 is 0 Å². The molecular weight excluding hydrogens is 267 g/mol. The molecule has 0 aliphatic carbocycles. The highest BCUT2D eigenvalue weighted by Crippen LogP contribution is 2.23. The summed E-state index contributed by atoms with van der Waals surface area (Å²) in [5.41, 5.74) is 2.57. The fourth-order valence-corrected chi connectivity index (χ4v) is 1.75. The second-order valence-corrected chi connectivity index (χ2v) is 4.31. The zero-order valence-electron chi connectivity index (χ0n) is 10.1. The molecule has 0 heterocycles. The number of hydrazine groups is 1. The molecule has 1 aromatic rings. The van der Waals surface area contributed by atoms with Crippen molar-refractivity contribution in [1.29, 1.82) is 0 Å². The van der Waals surface area contributed by atoms with E-state index in [0.29, 0.717) is 0 Å². The van der Waals surface area contributed by atoms with E-state index in [4.69, 9.17) is 5.84 Å². The quantitative estimate of drug-likeness (QED) is 0.478. The van der Waals surface area contributed by atoms with Crippen molar-refractivity contribution in [3.05, 3.63) is 35.4 Å². The highest BCUT2D eigenvalue weighted by Gasteiger charge is 2.26. The minimum atomic E-state index is -4.21. The van der Waals surface area contributed by atoms with E-state index in [0.717, 1.165) is 12.1 Å². The minimum absolute atomic E-state index is 0.0961. The maximum atomic E-state index is 13.4. The molecule has 0 aromatic heterocycles. The van der Waals surface area contributed by atoms with E-state index in [2.05, 4.69) is 5.43 Å². The van der Waals surface area contributed by atoms with Crippen molar-refractivity contribution in [3.63, 3.8) is 0 Å². The van der Waals surface area contributed by atoms with Crippen LogP contribution in [0.4, 0.5) is 22.0 Å². The number of hydrogen-bond donors (Lipinski definition) is 2. The van der Waals surface area contributed by atoms with Gasteiger partial charge in [-0.05, 0) is 30.9 Å². The standard InChI is InChI=1S/C12H15F5N2/c13-9-4-3-8(11(14)7-9)6-10(19-18)2-1-5-12(15,16)17/h3-4,7,10,19H,1-2,5-6,18H2. The number of nitrogens with two attached hydrogens (primary N) is 1. The Hall–Kier alpha value is -1.21. The van der Waals surface area contributed by atoms with Gasteiger partial charge >= 0.3 is 6.18 Å². The van der Waals surface area contributed by atoms with Gasteiger partial charge in [0.1, 0.15) is 11.6 Å². The van der Waals surface area contributed by atoms with Crippen molar-refractivity contribution in [2.45, 2.75) is 37.9 Å². The maximum absolute atomic E-state index is 13.4. The Bertz CT molecular complexity index is 406. The van der Waals surface area contributed by atoms with E-state index < -0.39 is 30.3 Å². The topological polar surface area (TPSA) is 38.0 Å². The van der Waals surface area contributed by atoms with Gasteiger partial charge < -0.3 is 0 Å². The smallest absolute Gasteiger partial charge is 0.271 e. The van der Waals surface area contributed by atoms with E-state index in [1.165, 1.54) is 6.07 Å². The zero-order chi connectivity index (χ0) is 14.5. The molecule has 7 heteroatoms. The molecule has 0 fully saturated rings. The summed E-state index contributed by atoms with van der Waals surface area (Å²) in [4.78, 5) is 0. The van der Waals surface area contributed by atoms with Gasteiger partial charge in [0, 0.05) is 18.5 Å². The highest BCUT2D eigenvalue weighted by molar-refractivity contribution is 5.19. The molecule has 1 aromatic carbocycles. The number of benzene rings is 1. The highest BCUT2D eigenvalue weighted by atomic mass is 19.4. The average Bonchev–Trinajstić information content (AvgIpc) is 2.29. The number of rotatable bonds is 6. The predicted octanol–water partition coefficient (Wildman–Crippen LogP) is 3.07. The average molecular weight is 282 g/mol. The molecule has 0 aliphatic rings. The molecule has 19 heavy (non-hydrogen) atoms. The summed E-state index contributed by atoms with van der Waals surface area (Å²) >= 11 is 0. The van der Waals surface area contributed by atoms with Crippen LogP contribution in [0, 0.1) is 11.6 Å². The lowest BCUT2D eigenvalue weighted by Gasteiger charge is -2.16. The summed E-state index contributed by atoms with van der Waals surface area (Å²) in [6.07, 6.45) is -4.94.